The van der Waals surface area contributed by atoms with Crippen molar-refractivity contribution < 1.29 is 23.0 Å². The molecule has 0 radical (unpaired) electrons. The quantitative estimate of drug-likeness (QED) is 0.781. The maximum absolute atomic E-state index is 12.2. The highest BCUT2D eigenvalue weighted by atomic mass is 32.2. The van der Waals surface area contributed by atoms with E-state index >= 15 is 0 Å². The topological polar surface area (TPSA) is 84.9 Å². The fraction of sp³-hybridized carbons (Fsp3) is 0.571. The standard InChI is InChI=1S/C14H21NO5S/c1-2-19-11-4-3-5-14(8-11)21(17,18)15-9-12-6-7-13(10-16)20-12/h3-5,8,12-13,15-16H,2,6-7,9-10H2,1H3/t12-,13+/m1/s1. The minimum atomic E-state index is -3.59. The van der Waals surface area contributed by atoms with Crippen molar-refractivity contribution in [1.29, 1.82) is 0 Å². The molecule has 0 aliphatic carbocycles. The molecule has 0 unspecified atom stereocenters. The highest BCUT2D eigenvalue weighted by molar-refractivity contribution is 7.89. The molecular formula is C14H21NO5S. The number of aliphatic hydroxyl groups excluding tert-OH is 1. The Labute approximate surface area is 125 Å². The van der Waals surface area contributed by atoms with E-state index in [-0.39, 0.29) is 30.3 Å². The molecule has 1 aromatic rings. The molecule has 1 saturated heterocycles. The van der Waals surface area contributed by atoms with Crippen LogP contribution in [0.25, 0.3) is 0 Å². The van der Waals surface area contributed by atoms with Crippen LogP contribution in [0.3, 0.4) is 0 Å². The first-order chi connectivity index (χ1) is 10.0. The lowest BCUT2D eigenvalue weighted by Crippen LogP contribution is -2.32. The molecule has 0 amide bonds. The molecule has 6 nitrogen and oxygen atoms in total. The van der Waals surface area contributed by atoms with Gasteiger partial charge in [0.2, 0.25) is 10.0 Å². The molecule has 2 N–H and O–H groups in total. The summed E-state index contributed by atoms with van der Waals surface area (Å²) in [4.78, 5) is 0.171. The van der Waals surface area contributed by atoms with Gasteiger partial charge in [-0.15, -0.1) is 0 Å². The SMILES string of the molecule is CCOc1cccc(S(=O)(=O)NC[C@H]2CC[C@@H](CO)O2)c1. The van der Waals surface area contributed by atoms with Gasteiger partial charge < -0.3 is 14.6 Å². The molecule has 0 bridgehead atoms. The summed E-state index contributed by atoms with van der Waals surface area (Å²) in [6.07, 6.45) is 1.13. The second kappa shape index (κ2) is 7.22. The van der Waals surface area contributed by atoms with Crippen molar-refractivity contribution in [2.24, 2.45) is 0 Å². The number of hydrogen-bond donors (Lipinski definition) is 2. The fourth-order valence-electron chi connectivity index (χ4n) is 2.25. The van der Waals surface area contributed by atoms with Crippen LogP contribution in [0, 0.1) is 0 Å². The lowest BCUT2D eigenvalue weighted by Gasteiger charge is -2.13. The third-order valence-corrected chi connectivity index (χ3v) is 4.75. The van der Waals surface area contributed by atoms with Crippen LogP contribution >= 0.6 is 0 Å². The van der Waals surface area contributed by atoms with E-state index in [1.165, 1.54) is 12.1 Å². The summed E-state index contributed by atoms with van der Waals surface area (Å²) in [5.74, 6) is 0.526. The number of ether oxygens (including phenoxy) is 2. The molecule has 118 valence electrons. The van der Waals surface area contributed by atoms with E-state index in [0.717, 1.165) is 12.8 Å². The first kappa shape index (κ1) is 16.2. The second-order valence-corrected chi connectivity index (χ2v) is 6.67. The zero-order valence-electron chi connectivity index (χ0n) is 12.0. The number of hydrogen-bond acceptors (Lipinski definition) is 5. The van der Waals surface area contributed by atoms with Crippen molar-refractivity contribution >= 4 is 10.0 Å². The van der Waals surface area contributed by atoms with E-state index in [9.17, 15) is 8.42 Å². The van der Waals surface area contributed by atoms with E-state index in [4.69, 9.17) is 14.6 Å². The van der Waals surface area contributed by atoms with Crippen molar-refractivity contribution in [3.8, 4) is 5.75 Å². The lowest BCUT2D eigenvalue weighted by atomic mass is 10.2. The molecule has 0 saturated carbocycles. The molecule has 0 aromatic heterocycles. The molecule has 1 aromatic carbocycles. The second-order valence-electron chi connectivity index (χ2n) is 4.90. The predicted octanol–water partition coefficient (Wildman–Crippen LogP) is 0.903. The average Bonchev–Trinajstić information content (AvgIpc) is 2.94. The van der Waals surface area contributed by atoms with Gasteiger partial charge in [0, 0.05) is 12.6 Å². The third-order valence-electron chi connectivity index (χ3n) is 3.33. The van der Waals surface area contributed by atoms with E-state index in [1.807, 2.05) is 6.92 Å². The Balaban J connectivity index is 1.97. The van der Waals surface area contributed by atoms with Crippen LogP contribution in [-0.2, 0) is 14.8 Å². The van der Waals surface area contributed by atoms with E-state index in [0.29, 0.717) is 12.4 Å². The normalized spacial score (nSPS) is 22.4. The molecule has 1 aliphatic rings. The Morgan fingerprint density at radius 3 is 2.81 bits per heavy atom. The molecule has 1 aliphatic heterocycles. The highest BCUT2D eigenvalue weighted by Gasteiger charge is 2.26. The third kappa shape index (κ3) is 4.41. The Morgan fingerprint density at radius 2 is 2.14 bits per heavy atom. The van der Waals surface area contributed by atoms with Crippen LogP contribution in [0.5, 0.6) is 5.75 Å². The van der Waals surface area contributed by atoms with Crippen LogP contribution in [-0.4, -0.2) is 45.5 Å². The van der Waals surface area contributed by atoms with Crippen molar-refractivity contribution in [3.05, 3.63) is 24.3 Å². The summed E-state index contributed by atoms with van der Waals surface area (Å²) in [7, 11) is -3.59. The average molecular weight is 315 g/mol. The zero-order chi connectivity index (χ0) is 15.3. The molecule has 21 heavy (non-hydrogen) atoms. The summed E-state index contributed by atoms with van der Waals surface area (Å²) in [6, 6.07) is 6.39. The first-order valence-electron chi connectivity index (χ1n) is 7.04. The van der Waals surface area contributed by atoms with Gasteiger partial charge in [-0.3, -0.25) is 0 Å². The number of benzene rings is 1. The summed E-state index contributed by atoms with van der Waals surface area (Å²) >= 11 is 0. The smallest absolute Gasteiger partial charge is 0.240 e. The van der Waals surface area contributed by atoms with Crippen LogP contribution in [0.1, 0.15) is 19.8 Å². The van der Waals surface area contributed by atoms with Crippen LogP contribution in [0.15, 0.2) is 29.2 Å². The number of sulfonamides is 1. The van der Waals surface area contributed by atoms with Gasteiger partial charge in [0.15, 0.2) is 0 Å². The Bertz CT molecular complexity index is 560. The van der Waals surface area contributed by atoms with Crippen LogP contribution in [0.4, 0.5) is 0 Å². The molecule has 1 heterocycles. The molecule has 2 atom stereocenters. The van der Waals surface area contributed by atoms with Crippen molar-refractivity contribution in [3.63, 3.8) is 0 Å². The predicted molar refractivity (Wildman–Crippen MR) is 77.8 cm³/mol. The van der Waals surface area contributed by atoms with Gasteiger partial charge in [0.25, 0.3) is 0 Å². The lowest BCUT2D eigenvalue weighted by molar-refractivity contribution is 0.0144. The fourth-order valence-corrected chi connectivity index (χ4v) is 3.35. The number of aliphatic hydroxyl groups is 1. The molecular weight excluding hydrogens is 294 g/mol. The van der Waals surface area contributed by atoms with Crippen molar-refractivity contribution in [2.75, 3.05) is 19.8 Å². The van der Waals surface area contributed by atoms with Crippen LogP contribution < -0.4 is 9.46 Å². The Morgan fingerprint density at radius 1 is 1.38 bits per heavy atom. The van der Waals surface area contributed by atoms with Gasteiger partial charge in [-0.05, 0) is 31.9 Å². The number of rotatable bonds is 7. The van der Waals surface area contributed by atoms with Crippen molar-refractivity contribution in [2.45, 2.75) is 36.9 Å². The van der Waals surface area contributed by atoms with E-state index in [2.05, 4.69) is 4.72 Å². The van der Waals surface area contributed by atoms with Crippen molar-refractivity contribution in [1.82, 2.24) is 4.72 Å². The van der Waals surface area contributed by atoms with E-state index in [1.54, 1.807) is 12.1 Å². The maximum atomic E-state index is 12.2. The first-order valence-corrected chi connectivity index (χ1v) is 8.52. The molecule has 7 heteroatoms. The minimum absolute atomic E-state index is 0.0281. The Kier molecular flexibility index (Phi) is 5.58. The molecule has 0 spiro atoms. The van der Waals surface area contributed by atoms with Gasteiger partial charge in [-0.2, -0.15) is 0 Å². The molecule has 1 fully saturated rings. The van der Waals surface area contributed by atoms with Gasteiger partial charge in [0.1, 0.15) is 5.75 Å². The van der Waals surface area contributed by atoms with Gasteiger partial charge in [0.05, 0.1) is 30.3 Å². The van der Waals surface area contributed by atoms with Gasteiger partial charge in [-0.25, -0.2) is 13.1 Å². The summed E-state index contributed by atoms with van der Waals surface area (Å²) < 4.78 is 37.8. The molecule has 2 rings (SSSR count). The highest BCUT2D eigenvalue weighted by Crippen LogP contribution is 2.20. The maximum Gasteiger partial charge on any atom is 0.240 e. The monoisotopic (exact) mass is 315 g/mol. The number of nitrogens with one attached hydrogen (secondary N) is 1. The largest absolute Gasteiger partial charge is 0.494 e. The minimum Gasteiger partial charge on any atom is -0.494 e. The van der Waals surface area contributed by atoms with E-state index < -0.39 is 10.0 Å². The summed E-state index contributed by atoms with van der Waals surface area (Å²) in [5, 5.41) is 8.99. The zero-order valence-corrected chi connectivity index (χ0v) is 12.8. The van der Waals surface area contributed by atoms with Gasteiger partial charge >= 0.3 is 0 Å². The Hall–Kier alpha value is -1.15. The van der Waals surface area contributed by atoms with Gasteiger partial charge in [-0.1, -0.05) is 6.07 Å². The summed E-state index contributed by atoms with van der Waals surface area (Å²) in [5.41, 5.74) is 0. The summed E-state index contributed by atoms with van der Waals surface area (Å²) in [6.45, 7) is 2.50. The van der Waals surface area contributed by atoms with Crippen LogP contribution in [0.2, 0.25) is 0 Å².